The Morgan fingerprint density at radius 2 is 1.56 bits per heavy atom. The van der Waals surface area contributed by atoms with Crippen LogP contribution in [0.2, 0.25) is 0 Å². The van der Waals surface area contributed by atoms with Crippen LogP contribution in [0, 0.1) is 0 Å². The number of carbonyl (C=O) groups excluding carboxylic acids is 1. The quantitative estimate of drug-likeness (QED) is 0.657. The third-order valence-corrected chi connectivity index (χ3v) is 3.34. The zero-order chi connectivity index (χ0) is 13.2. The number of rotatable bonds is 1. The fourth-order valence-electron chi connectivity index (χ4n) is 2.19. The molecule has 0 aromatic heterocycles. The maximum Gasteiger partial charge on any atom is 0.409 e. The first kappa shape index (κ1) is 15.1. The summed E-state index contributed by atoms with van der Waals surface area (Å²) < 4.78 is 5.53. The Morgan fingerprint density at radius 3 is 2.17 bits per heavy atom. The predicted octanol–water partition coefficient (Wildman–Crippen LogP) is 4.13. The molecule has 18 heavy (non-hydrogen) atoms. The molecule has 1 rings (SSSR count). The van der Waals surface area contributed by atoms with Gasteiger partial charge in [0, 0.05) is 14.1 Å². The van der Waals surface area contributed by atoms with Gasteiger partial charge in [-0.1, -0.05) is 18.6 Å². The molecule has 1 aliphatic rings. The molecule has 0 heterocycles. The van der Waals surface area contributed by atoms with Gasteiger partial charge in [-0.3, -0.25) is 0 Å². The number of hydrogen-bond donors (Lipinski definition) is 0. The molecule has 0 saturated heterocycles. The fraction of sp³-hybridized carbons (Fsp3) is 0.800. The van der Waals surface area contributed by atoms with Crippen molar-refractivity contribution < 1.29 is 9.53 Å². The summed E-state index contributed by atoms with van der Waals surface area (Å²) in [6.07, 6.45) is 14.9. The molecule has 0 aromatic carbocycles. The molecule has 0 N–H and O–H groups in total. The molecular formula is C15H27NO2. The zero-order valence-electron chi connectivity index (χ0n) is 11.9. The summed E-state index contributed by atoms with van der Waals surface area (Å²) in [5.74, 6) is 0. The minimum absolute atomic E-state index is 0.114. The topological polar surface area (TPSA) is 29.5 Å². The average molecular weight is 253 g/mol. The average Bonchev–Trinajstić information content (AvgIpc) is 2.32. The van der Waals surface area contributed by atoms with Crippen molar-refractivity contribution in [2.24, 2.45) is 0 Å². The van der Waals surface area contributed by atoms with Gasteiger partial charge >= 0.3 is 6.09 Å². The molecule has 0 bridgehead atoms. The van der Waals surface area contributed by atoms with Crippen LogP contribution in [0.15, 0.2) is 12.2 Å². The molecule has 3 nitrogen and oxygen atoms in total. The largest absolute Gasteiger partial charge is 0.446 e. The molecule has 0 fully saturated rings. The standard InChI is InChI=1S/C15H27NO2/c1-16(2)15(17)18-14-12-10-8-6-4-3-5-7-9-11-13-14/h3-4,14H,5-13H2,1-2H3/b4-3-. The smallest absolute Gasteiger partial charge is 0.409 e. The highest BCUT2D eigenvalue weighted by molar-refractivity contribution is 5.66. The van der Waals surface area contributed by atoms with E-state index in [0.29, 0.717) is 0 Å². The van der Waals surface area contributed by atoms with Crippen molar-refractivity contribution in [2.75, 3.05) is 14.1 Å². The molecular weight excluding hydrogens is 226 g/mol. The molecule has 0 aromatic rings. The van der Waals surface area contributed by atoms with Gasteiger partial charge in [-0.05, 0) is 51.4 Å². The predicted molar refractivity (Wildman–Crippen MR) is 74.6 cm³/mol. The van der Waals surface area contributed by atoms with Crippen molar-refractivity contribution in [1.29, 1.82) is 0 Å². The SMILES string of the molecule is CN(C)C(=O)OC1CCCC/C=C\CCCCC1. The van der Waals surface area contributed by atoms with Crippen LogP contribution in [-0.2, 0) is 4.74 Å². The number of ether oxygens (including phenoxy) is 1. The van der Waals surface area contributed by atoms with Crippen molar-refractivity contribution in [3.8, 4) is 0 Å². The van der Waals surface area contributed by atoms with E-state index >= 15 is 0 Å². The van der Waals surface area contributed by atoms with Gasteiger partial charge in [0.1, 0.15) is 6.10 Å². The van der Waals surface area contributed by atoms with E-state index in [4.69, 9.17) is 4.74 Å². The van der Waals surface area contributed by atoms with Crippen molar-refractivity contribution in [3.05, 3.63) is 12.2 Å². The van der Waals surface area contributed by atoms with Gasteiger partial charge in [0.2, 0.25) is 0 Å². The fourth-order valence-corrected chi connectivity index (χ4v) is 2.19. The third kappa shape index (κ3) is 6.67. The molecule has 0 spiro atoms. The van der Waals surface area contributed by atoms with Gasteiger partial charge in [-0.25, -0.2) is 4.79 Å². The lowest BCUT2D eigenvalue weighted by molar-refractivity contribution is 0.0634. The van der Waals surface area contributed by atoms with Crippen molar-refractivity contribution in [1.82, 2.24) is 4.90 Å². The Bertz CT molecular complexity index is 261. The van der Waals surface area contributed by atoms with Crippen molar-refractivity contribution in [3.63, 3.8) is 0 Å². The first-order valence-electron chi connectivity index (χ1n) is 7.23. The summed E-state index contributed by atoms with van der Waals surface area (Å²) in [5, 5.41) is 0. The summed E-state index contributed by atoms with van der Waals surface area (Å²) in [7, 11) is 3.48. The maximum atomic E-state index is 11.6. The number of carbonyl (C=O) groups is 1. The number of hydrogen-bond acceptors (Lipinski definition) is 2. The van der Waals surface area contributed by atoms with E-state index in [0.717, 1.165) is 25.7 Å². The van der Waals surface area contributed by atoms with Crippen LogP contribution in [0.3, 0.4) is 0 Å². The maximum absolute atomic E-state index is 11.6. The summed E-state index contributed by atoms with van der Waals surface area (Å²) in [6.45, 7) is 0. The van der Waals surface area contributed by atoms with E-state index in [1.165, 1.54) is 37.0 Å². The van der Waals surface area contributed by atoms with Crippen LogP contribution in [-0.4, -0.2) is 31.2 Å². The van der Waals surface area contributed by atoms with Gasteiger partial charge in [0.25, 0.3) is 0 Å². The number of amides is 1. The van der Waals surface area contributed by atoms with Gasteiger partial charge < -0.3 is 9.64 Å². The van der Waals surface area contributed by atoms with E-state index in [1.54, 1.807) is 14.1 Å². The summed E-state index contributed by atoms with van der Waals surface area (Å²) in [4.78, 5) is 13.1. The van der Waals surface area contributed by atoms with Gasteiger partial charge in [0.05, 0.1) is 0 Å². The van der Waals surface area contributed by atoms with Gasteiger partial charge in [-0.15, -0.1) is 0 Å². The minimum Gasteiger partial charge on any atom is -0.446 e. The highest BCUT2D eigenvalue weighted by Crippen LogP contribution is 2.17. The Hall–Kier alpha value is -0.990. The van der Waals surface area contributed by atoms with Crippen LogP contribution in [0.25, 0.3) is 0 Å². The zero-order valence-corrected chi connectivity index (χ0v) is 11.9. The molecule has 1 unspecified atom stereocenters. The van der Waals surface area contributed by atoms with E-state index in [9.17, 15) is 4.79 Å². The molecule has 1 aliphatic carbocycles. The molecule has 1 amide bonds. The normalized spacial score (nSPS) is 24.4. The highest BCUT2D eigenvalue weighted by atomic mass is 16.6. The van der Waals surface area contributed by atoms with Gasteiger partial charge in [0.15, 0.2) is 0 Å². The van der Waals surface area contributed by atoms with Crippen molar-refractivity contribution in [2.45, 2.75) is 63.9 Å². The van der Waals surface area contributed by atoms with E-state index in [1.807, 2.05) is 0 Å². The summed E-state index contributed by atoms with van der Waals surface area (Å²) in [5.41, 5.74) is 0. The molecule has 0 radical (unpaired) electrons. The number of nitrogens with zero attached hydrogens (tertiary/aromatic N) is 1. The highest BCUT2D eigenvalue weighted by Gasteiger charge is 2.15. The molecule has 0 saturated carbocycles. The van der Waals surface area contributed by atoms with Crippen LogP contribution >= 0.6 is 0 Å². The Morgan fingerprint density at radius 1 is 1.00 bits per heavy atom. The Labute approximate surface area is 111 Å². The lowest BCUT2D eigenvalue weighted by Crippen LogP contribution is -2.28. The first-order chi connectivity index (χ1) is 8.70. The number of allylic oxidation sites excluding steroid dienone is 2. The third-order valence-electron chi connectivity index (χ3n) is 3.34. The lowest BCUT2D eigenvalue weighted by atomic mass is 10.0. The second-order valence-electron chi connectivity index (χ2n) is 5.29. The summed E-state index contributed by atoms with van der Waals surface area (Å²) >= 11 is 0. The van der Waals surface area contributed by atoms with Gasteiger partial charge in [-0.2, -0.15) is 0 Å². The second-order valence-corrected chi connectivity index (χ2v) is 5.29. The minimum atomic E-state index is -0.202. The molecule has 3 heteroatoms. The van der Waals surface area contributed by atoms with Crippen LogP contribution in [0.5, 0.6) is 0 Å². The molecule has 104 valence electrons. The first-order valence-corrected chi connectivity index (χ1v) is 7.23. The second kappa shape index (κ2) is 9.01. The molecule has 1 atom stereocenters. The van der Waals surface area contributed by atoms with E-state index in [2.05, 4.69) is 12.2 Å². The lowest BCUT2D eigenvalue weighted by Gasteiger charge is -2.20. The summed E-state index contributed by atoms with van der Waals surface area (Å²) in [6, 6.07) is 0. The Kier molecular flexibility index (Phi) is 7.54. The monoisotopic (exact) mass is 253 g/mol. The van der Waals surface area contributed by atoms with Crippen molar-refractivity contribution >= 4 is 6.09 Å². The van der Waals surface area contributed by atoms with Crippen LogP contribution < -0.4 is 0 Å². The Balaban J connectivity index is 2.38. The van der Waals surface area contributed by atoms with E-state index < -0.39 is 0 Å². The van der Waals surface area contributed by atoms with Crippen LogP contribution in [0.4, 0.5) is 4.79 Å². The molecule has 0 aliphatic heterocycles. The van der Waals surface area contributed by atoms with Crippen LogP contribution in [0.1, 0.15) is 57.8 Å². The van der Waals surface area contributed by atoms with E-state index in [-0.39, 0.29) is 12.2 Å².